The molecule has 0 aliphatic carbocycles. The minimum atomic E-state index is 0.125. The highest BCUT2D eigenvalue weighted by molar-refractivity contribution is 5.08. The molecule has 20 heavy (non-hydrogen) atoms. The first-order valence-electron chi connectivity index (χ1n) is 6.85. The largest absolute Gasteiger partial charge is 0.395 e. The van der Waals surface area contributed by atoms with Crippen molar-refractivity contribution in [3.05, 3.63) is 41.7 Å². The summed E-state index contributed by atoms with van der Waals surface area (Å²) in [4.78, 5) is 6.27. The molecule has 0 spiro atoms. The minimum absolute atomic E-state index is 0.125. The second kappa shape index (κ2) is 7.12. The second-order valence-corrected chi connectivity index (χ2v) is 4.70. The van der Waals surface area contributed by atoms with Gasteiger partial charge >= 0.3 is 0 Å². The molecular weight excluding hydrogens is 254 g/mol. The molecule has 0 amide bonds. The lowest BCUT2D eigenvalue weighted by Crippen LogP contribution is -2.27. The van der Waals surface area contributed by atoms with Gasteiger partial charge in [0.1, 0.15) is 11.6 Å². The fraction of sp³-hybridized carbons (Fsp3) is 0.500. The van der Waals surface area contributed by atoms with Crippen LogP contribution in [0.4, 0.5) is 0 Å². The molecular formula is C14H21N5O. The molecule has 0 unspecified atom stereocenters. The summed E-state index contributed by atoms with van der Waals surface area (Å²) in [6.45, 7) is 7.03. The van der Waals surface area contributed by atoms with E-state index in [2.05, 4.69) is 31.6 Å². The number of aliphatic hydroxyl groups excluding tert-OH is 1. The van der Waals surface area contributed by atoms with Crippen LogP contribution in [0.5, 0.6) is 0 Å². The topological polar surface area (TPSA) is 67.1 Å². The first-order chi connectivity index (χ1) is 9.74. The van der Waals surface area contributed by atoms with Crippen molar-refractivity contribution < 1.29 is 5.11 Å². The van der Waals surface area contributed by atoms with Gasteiger partial charge in [0.05, 0.1) is 13.2 Å². The molecule has 2 heterocycles. The van der Waals surface area contributed by atoms with Crippen molar-refractivity contribution >= 4 is 0 Å². The van der Waals surface area contributed by atoms with Crippen molar-refractivity contribution in [1.29, 1.82) is 0 Å². The van der Waals surface area contributed by atoms with Crippen LogP contribution in [0, 0.1) is 6.92 Å². The molecule has 0 fully saturated rings. The SMILES string of the molecule is CCn1c(C)nnc1CN(CCO)Cc1cccnc1. The number of pyridine rings is 1. The van der Waals surface area contributed by atoms with Gasteiger partial charge in [-0.05, 0) is 25.5 Å². The molecule has 0 bridgehead atoms. The Morgan fingerprint density at radius 3 is 2.80 bits per heavy atom. The number of rotatable bonds is 7. The quantitative estimate of drug-likeness (QED) is 0.816. The summed E-state index contributed by atoms with van der Waals surface area (Å²) < 4.78 is 2.09. The van der Waals surface area contributed by atoms with E-state index < -0.39 is 0 Å². The number of hydrogen-bond acceptors (Lipinski definition) is 5. The standard InChI is InChI=1S/C14H21N5O/c1-3-19-12(2)16-17-14(19)11-18(7-8-20)10-13-5-4-6-15-9-13/h4-6,9,20H,3,7-8,10-11H2,1-2H3. The Bertz CT molecular complexity index is 526. The van der Waals surface area contributed by atoms with E-state index in [-0.39, 0.29) is 6.61 Å². The number of aromatic nitrogens is 4. The van der Waals surface area contributed by atoms with E-state index in [1.54, 1.807) is 6.20 Å². The third-order valence-corrected chi connectivity index (χ3v) is 3.24. The van der Waals surface area contributed by atoms with E-state index >= 15 is 0 Å². The van der Waals surface area contributed by atoms with Gasteiger partial charge in [-0.25, -0.2) is 0 Å². The van der Waals surface area contributed by atoms with Crippen LogP contribution in [0.25, 0.3) is 0 Å². The van der Waals surface area contributed by atoms with E-state index in [1.165, 1.54) is 0 Å². The van der Waals surface area contributed by atoms with Crippen LogP contribution in [0.15, 0.2) is 24.5 Å². The predicted octanol–water partition coefficient (Wildman–Crippen LogP) is 0.996. The van der Waals surface area contributed by atoms with Crippen molar-refractivity contribution in [1.82, 2.24) is 24.6 Å². The molecule has 0 saturated heterocycles. The molecule has 0 radical (unpaired) electrons. The van der Waals surface area contributed by atoms with Gasteiger partial charge in [0.25, 0.3) is 0 Å². The molecule has 1 N–H and O–H groups in total. The van der Waals surface area contributed by atoms with E-state index in [1.807, 2.05) is 25.3 Å². The number of aliphatic hydroxyl groups is 1. The van der Waals surface area contributed by atoms with Crippen LogP contribution in [0.3, 0.4) is 0 Å². The Hall–Kier alpha value is -1.79. The minimum Gasteiger partial charge on any atom is -0.395 e. The summed E-state index contributed by atoms with van der Waals surface area (Å²) in [5, 5.41) is 17.6. The zero-order valence-electron chi connectivity index (χ0n) is 12.0. The fourth-order valence-corrected chi connectivity index (χ4v) is 2.26. The molecule has 6 nitrogen and oxygen atoms in total. The third-order valence-electron chi connectivity index (χ3n) is 3.24. The summed E-state index contributed by atoms with van der Waals surface area (Å²) in [5.41, 5.74) is 1.13. The van der Waals surface area contributed by atoms with Gasteiger partial charge in [0, 0.05) is 32.0 Å². The van der Waals surface area contributed by atoms with E-state index in [0.717, 1.165) is 30.3 Å². The van der Waals surface area contributed by atoms with Gasteiger partial charge in [0.15, 0.2) is 0 Å². The predicted molar refractivity (Wildman–Crippen MR) is 75.9 cm³/mol. The van der Waals surface area contributed by atoms with Gasteiger partial charge in [0.2, 0.25) is 0 Å². The average molecular weight is 275 g/mol. The Labute approximate surface area is 119 Å². The fourth-order valence-electron chi connectivity index (χ4n) is 2.26. The Morgan fingerprint density at radius 2 is 2.15 bits per heavy atom. The lowest BCUT2D eigenvalue weighted by molar-refractivity contribution is 0.179. The van der Waals surface area contributed by atoms with E-state index in [4.69, 9.17) is 0 Å². The highest BCUT2D eigenvalue weighted by Gasteiger charge is 2.13. The maximum Gasteiger partial charge on any atom is 0.147 e. The monoisotopic (exact) mass is 275 g/mol. The first kappa shape index (κ1) is 14.6. The summed E-state index contributed by atoms with van der Waals surface area (Å²) in [6.07, 6.45) is 3.61. The smallest absolute Gasteiger partial charge is 0.147 e. The molecule has 0 aromatic carbocycles. The second-order valence-electron chi connectivity index (χ2n) is 4.70. The van der Waals surface area contributed by atoms with Crippen molar-refractivity contribution in [2.24, 2.45) is 0 Å². The van der Waals surface area contributed by atoms with Gasteiger partial charge < -0.3 is 9.67 Å². The Morgan fingerprint density at radius 1 is 1.30 bits per heavy atom. The summed E-state index contributed by atoms with van der Waals surface area (Å²) in [7, 11) is 0. The molecule has 0 saturated carbocycles. The van der Waals surface area contributed by atoms with E-state index in [0.29, 0.717) is 13.1 Å². The Kier molecular flexibility index (Phi) is 5.20. The van der Waals surface area contributed by atoms with Crippen LogP contribution < -0.4 is 0 Å². The van der Waals surface area contributed by atoms with Crippen LogP contribution in [0.1, 0.15) is 24.1 Å². The van der Waals surface area contributed by atoms with Crippen LogP contribution in [-0.4, -0.2) is 42.9 Å². The van der Waals surface area contributed by atoms with Crippen molar-refractivity contribution in [3.63, 3.8) is 0 Å². The lowest BCUT2D eigenvalue weighted by Gasteiger charge is -2.21. The van der Waals surface area contributed by atoms with Crippen LogP contribution in [0.2, 0.25) is 0 Å². The molecule has 0 aliphatic heterocycles. The summed E-state index contributed by atoms with van der Waals surface area (Å²) in [5.74, 6) is 1.86. The molecule has 0 atom stereocenters. The van der Waals surface area contributed by atoms with Crippen LogP contribution in [-0.2, 0) is 19.6 Å². The molecule has 0 aliphatic rings. The molecule has 6 heteroatoms. The first-order valence-corrected chi connectivity index (χ1v) is 6.85. The van der Waals surface area contributed by atoms with Gasteiger partial charge in [-0.3, -0.25) is 9.88 Å². The van der Waals surface area contributed by atoms with Crippen LogP contribution >= 0.6 is 0 Å². The molecule has 2 aromatic rings. The zero-order valence-corrected chi connectivity index (χ0v) is 12.0. The van der Waals surface area contributed by atoms with Gasteiger partial charge in [-0.15, -0.1) is 10.2 Å². The van der Waals surface area contributed by atoms with Gasteiger partial charge in [-0.1, -0.05) is 6.07 Å². The van der Waals surface area contributed by atoms with Crippen molar-refractivity contribution in [3.8, 4) is 0 Å². The lowest BCUT2D eigenvalue weighted by atomic mass is 10.2. The highest BCUT2D eigenvalue weighted by atomic mass is 16.3. The summed E-state index contributed by atoms with van der Waals surface area (Å²) in [6, 6.07) is 3.96. The molecule has 108 valence electrons. The van der Waals surface area contributed by atoms with Crippen molar-refractivity contribution in [2.45, 2.75) is 33.5 Å². The normalized spacial score (nSPS) is 11.2. The summed E-state index contributed by atoms with van der Waals surface area (Å²) >= 11 is 0. The van der Waals surface area contributed by atoms with Gasteiger partial charge in [-0.2, -0.15) is 0 Å². The van der Waals surface area contributed by atoms with Crippen molar-refractivity contribution in [2.75, 3.05) is 13.2 Å². The Balaban J connectivity index is 2.09. The molecule has 2 aromatic heterocycles. The number of aryl methyl sites for hydroxylation is 1. The average Bonchev–Trinajstić information content (AvgIpc) is 2.80. The highest BCUT2D eigenvalue weighted by Crippen LogP contribution is 2.09. The maximum atomic E-state index is 9.22. The number of hydrogen-bond donors (Lipinski definition) is 1. The van der Waals surface area contributed by atoms with E-state index in [9.17, 15) is 5.11 Å². The maximum absolute atomic E-state index is 9.22. The third kappa shape index (κ3) is 3.61. The molecule has 2 rings (SSSR count). The number of nitrogens with zero attached hydrogens (tertiary/aromatic N) is 5. The zero-order chi connectivity index (χ0) is 14.4.